The molecule has 6 N–H and O–H groups in total. The highest BCUT2D eigenvalue weighted by atomic mass is 32.1. The number of hydrogen-bond donors (Lipinski definition) is 6. The summed E-state index contributed by atoms with van der Waals surface area (Å²) in [5.74, 6) is 0. The highest BCUT2D eigenvalue weighted by molar-refractivity contribution is 7.71. The lowest BCUT2D eigenvalue weighted by atomic mass is 9.99. The number of aliphatic hydroxyl groups excluding tert-OH is 4. The van der Waals surface area contributed by atoms with Crippen LogP contribution in [-0.4, -0.2) is 84.8 Å². The maximum Gasteiger partial charge on any atom is 0.184 e. The Morgan fingerprint density at radius 1 is 1.22 bits per heavy atom. The topological polar surface area (TPSA) is 157 Å². The predicted molar refractivity (Wildman–Crippen MR) is 79.8 cm³/mol. The van der Waals surface area contributed by atoms with Crippen molar-refractivity contribution in [3.63, 3.8) is 0 Å². The van der Waals surface area contributed by atoms with Crippen LogP contribution < -0.4 is 0 Å². The third-order valence-corrected chi connectivity index (χ3v) is 3.66. The molecular weight excluding hydrogens is 328 g/mol. The van der Waals surface area contributed by atoms with Crippen molar-refractivity contribution in [2.45, 2.75) is 30.7 Å². The van der Waals surface area contributed by atoms with E-state index in [1.165, 1.54) is 13.4 Å². The van der Waals surface area contributed by atoms with E-state index in [2.05, 4.69) is 19.9 Å². The van der Waals surface area contributed by atoms with E-state index < -0.39 is 37.3 Å². The first-order chi connectivity index (χ1) is 11.0. The molecule has 2 aromatic rings. The van der Waals surface area contributed by atoms with Crippen molar-refractivity contribution < 1.29 is 29.9 Å². The number of aromatic amines is 2. The van der Waals surface area contributed by atoms with Gasteiger partial charge >= 0.3 is 0 Å². The molecule has 3 rings (SSSR count). The summed E-state index contributed by atoms with van der Waals surface area (Å²) in [6.07, 6.45) is -2.69. The Morgan fingerprint density at radius 2 is 1.91 bits per heavy atom. The molecule has 0 bridgehead atoms. The van der Waals surface area contributed by atoms with Gasteiger partial charge in [0.05, 0.1) is 19.3 Å². The maximum atomic E-state index is 9.38. The van der Waals surface area contributed by atoms with Crippen LogP contribution in [0.4, 0.5) is 0 Å². The van der Waals surface area contributed by atoms with Gasteiger partial charge in [0.25, 0.3) is 0 Å². The summed E-state index contributed by atoms with van der Waals surface area (Å²) in [7, 11) is 1.28. The van der Waals surface area contributed by atoms with E-state index in [1.54, 1.807) is 6.33 Å². The van der Waals surface area contributed by atoms with Crippen LogP contribution >= 0.6 is 12.2 Å². The molecule has 2 aromatic heterocycles. The first-order valence-electron chi connectivity index (χ1n) is 6.69. The number of imidazole rings is 1. The predicted octanol–water partition coefficient (Wildman–Crippen LogP) is -1.55. The van der Waals surface area contributed by atoms with Crippen molar-refractivity contribution >= 4 is 23.4 Å². The number of aromatic nitrogens is 4. The fourth-order valence-electron chi connectivity index (χ4n) is 2.11. The van der Waals surface area contributed by atoms with Gasteiger partial charge in [-0.25, -0.2) is 9.97 Å². The molecule has 11 heteroatoms. The molecule has 0 radical (unpaired) electrons. The number of methoxy groups -OCH3 is 1. The molecule has 0 amide bonds. The van der Waals surface area contributed by atoms with Gasteiger partial charge < -0.3 is 39.9 Å². The second kappa shape index (κ2) is 7.88. The first kappa shape index (κ1) is 17.9. The van der Waals surface area contributed by atoms with Crippen LogP contribution in [0.15, 0.2) is 12.7 Å². The second-order valence-corrected chi connectivity index (χ2v) is 5.15. The van der Waals surface area contributed by atoms with Crippen molar-refractivity contribution in [1.29, 1.82) is 0 Å². The smallest absolute Gasteiger partial charge is 0.184 e. The summed E-state index contributed by atoms with van der Waals surface area (Å²) in [5, 5.41) is 36.7. The molecular formula is C12H18N4O6S. The normalized spacial score (nSPS) is 30.7. The maximum absolute atomic E-state index is 9.38. The van der Waals surface area contributed by atoms with Crippen molar-refractivity contribution in [3.8, 4) is 0 Å². The van der Waals surface area contributed by atoms with Gasteiger partial charge in [0, 0.05) is 7.11 Å². The van der Waals surface area contributed by atoms with Crippen LogP contribution in [0.5, 0.6) is 0 Å². The van der Waals surface area contributed by atoms with Gasteiger partial charge in [-0.05, 0) is 0 Å². The summed E-state index contributed by atoms with van der Waals surface area (Å²) < 4.78 is 10.1. The average Bonchev–Trinajstić information content (AvgIpc) is 3.02. The molecule has 1 saturated heterocycles. The van der Waals surface area contributed by atoms with Gasteiger partial charge in [0.1, 0.15) is 29.9 Å². The zero-order chi connectivity index (χ0) is 17.0. The van der Waals surface area contributed by atoms with E-state index >= 15 is 0 Å². The minimum atomic E-state index is -1.33. The number of hydrogen-bond acceptors (Lipinski definition) is 9. The van der Waals surface area contributed by atoms with E-state index in [4.69, 9.17) is 26.8 Å². The standard InChI is InChI=1S/C7H14O6.C5H4N4S/c1-12-6-5(10)4(9)3(2-8)13-7(6)11;10-5-3-4(7-1-6-3)8-2-9-5/h3-11H,2H2,1H3;1-2H,(H2,6,7,8,9,10)/t3-,4-,5+,6-,7?;/m1./s1. The molecule has 1 fully saturated rings. The average molecular weight is 346 g/mol. The van der Waals surface area contributed by atoms with Crippen LogP contribution in [0.2, 0.25) is 0 Å². The lowest BCUT2D eigenvalue weighted by Gasteiger charge is -2.39. The quantitative estimate of drug-likeness (QED) is 0.354. The molecule has 5 atom stereocenters. The summed E-state index contributed by atoms with van der Waals surface area (Å²) in [6, 6.07) is 0. The van der Waals surface area contributed by atoms with Crippen LogP contribution in [0.1, 0.15) is 0 Å². The number of rotatable bonds is 2. The van der Waals surface area contributed by atoms with Crippen LogP contribution in [0.3, 0.4) is 0 Å². The van der Waals surface area contributed by atoms with Crippen LogP contribution in [0.25, 0.3) is 11.2 Å². The monoisotopic (exact) mass is 346 g/mol. The zero-order valence-corrected chi connectivity index (χ0v) is 13.0. The largest absolute Gasteiger partial charge is 0.394 e. The van der Waals surface area contributed by atoms with E-state index in [-0.39, 0.29) is 0 Å². The van der Waals surface area contributed by atoms with Crippen molar-refractivity contribution in [1.82, 2.24) is 19.9 Å². The molecule has 1 unspecified atom stereocenters. The van der Waals surface area contributed by atoms with Crippen LogP contribution in [-0.2, 0) is 9.47 Å². The van der Waals surface area contributed by atoms with Gasteiger partial charge in [0.2, 0.25) is 0 Å². The number of H-pyrrole nitrogens is 2. The molecule has 3 heterocycles. The van der Waals surface area contributed by atoms with E-state index in [1.807, 2.05) is 0 Å². The van der Waals surface area contributed by atoms with E-state index in [0.717, 1.165) is 11.2 Å². The SMILES string of the molecule is CO[C@H]1C(O)O[C@H](CO)[C@@H](O)[C@@H]1O.S=c1nc[nH]c2nc[nH]c12. The minimum absolute atomic E-state index is 0.467. The van der Waals surface area contributed by atoms with Crippen molar-refractivity contribution in [2.24, 2.45) is 0 Å². The van der Waals surface area contributed by atoms with E-state index in [9.17, 15) is 15.3 Å². The summed E-state index contributed by atoms with van der Waals surface area (Å²) >= 11 is 4.91. The Morgan fingerprint density at radius 3 is 2.52 bits per heavy atom. The number of nitrogens with zero attached hydrogens (tertiary/aromatic N) is 2. The zero-order valence-electron chi connectivity index (χ0n) is 12.2. The molecule has 0 aliphatic carbocycles. The summed E-state index contributed by atoms with van der Waals surface area (Å²) in [4.78, 5) is 13.6. The second-order valence-electron chi connectivity index (χ2n) is 4.76. The fraction of sp³-hybridized carbons (Fsp3) is 0.583. The van der Waals surface area contributed by atoms with Gasteiger partial charge in [-0.15, -0.1) is 0 Å². The van der Waals surface area contributed by atoms with Crippen molar-refractivity contribution in [2.75, 3.05) is 13.7 Å². The number of ether oxygens (including phenoxy) is 2. The lowest BCUT2D eigenvalue weighted by Crippen LogP contribution is -2.59. The number of fused-ring (bicyclic) bond motifs is 1. The first-order valence-corrected chi connectivity index (χ1v) is 7.10. The van der Waals surface area contributed by atoms with E-state index in [0.29, 0.717) is 4.64 Å². The van der Waals surface area contributed by atoms with Gasteiger partial charge in [-0.1, -0.05) is 12.2 Å². The number of nitrogens with one attached hydrogen (secondary N) is 2. The highest BCUT2D eigenvalue weighted by Crippen LogP contribution is 2.21. The Kier molecular flexibility index (Phi) is 6.12. The number of aliphatic hydroxyl groups is 4. The molecule has 23 heavy (non-hydrogen) atoms. The summed E-state index contributed by atoms with van der Waals surface area (Å²) in [6.45, 7) is -0.467. The Bertz CT molecular complexity index is 679. The van der Waals surface area contributed by atoms with Crippen molar-refractivity contribution in [3.05, 3.63) is 17.3 Å². The lowest BCUT2D eigenvalue weighted by molar-refractivity contribution is -0.291. The fourth-order valence-corrected chi connectivity index (χ4v) is 2.32. The third kappa shape index (κ3) is 3.90. The Labute approximate surface area is 135 Å². The van der Waals surface area contributed by atoms with Gasteiger partial charge in [-0.2, -0.15) is 0 Å². The molecule has 1 aliphatic heterocycles. The van der Waals surface area contributed by atoms with Gasteiger partial charge in [0.15, 0.2) is 16.6 Å². The molecule has 128 valence electrons. The third-order valence-electron chi connectivity index (χ3n) is 3.35. The molecule has 0 aromatic carbocycles. The molecule has 1 aliphatic rings. The molecule has 10 nitrogen and oxygen atoms in total. The van der Waals surface area contributed by atoms with Crippen LogP contribution in [0, 0.1) is 4.64 Å². The molecule has 0 saturated carbocycles. The van der Waals surface area contributed by atoms with Gasteiger partial charge in [-0.3, -0.25) is 0 Å². The Hall–Kier alpha value is -1.47. The minimum Gasteiger partial charge on any atom is -0.394 e. The Balaban J connectivity index is 0.000000172. The molecule has 0 spiro atoms. The summed E-state index contributed by atoms with van der Waals surface area (Å²) in [5.41, 5.74) is 1.54. The highest BCUT2D eigenvalue weighted by Gasteiger charge is 2.43.